The number of carboxylic acids is 1. The van der Waals surface area contributed by atoms with Crippen LogP contribution in [0.4, 0.5) is 0 Å². The summed E-state index contributed by atoms with van der Waals surface area (Å²) < 4.78 is 1.81. The normalized spacial score (nSPS) is 21.8. The zero-order valence-corrected chi connectivity index (χ0v) is 14.7. The maximum Gasteiger partial charge on any atom is 0.316 e. The van der Waals surface area contributed by atoms with Gasteiger partial charge in [-0.15, -0.1) is 0 Å². The summed E-state index contributed by atoms with van der Waals surface area (Å²) in [5.74, 6) is 0.125. The Morgan fingerprint density at radius 2 is 2.15 bits per heavy atom. The number of aromatic nitrogens is 3. The predicted octanol–water partition coefficient (Wildman–Crippen LogP) is 2.76. The first-order valence-corrected chi connectivity index (χ1v) is 8.93. The van der Waals surface area contributed by atoms with E-state index in [4.69, 9.17) is 0 Å². The molecule has 1 saturated carbocycles. The quantitative estimate of drug-likeness (QED) is 0.641. The molecular weight excluding hydrogens is 328 g/mol. The number of pyridine rings is 1. The van der Waals surface area contributed by atoms with Crippen molar-refractivity contribution in [3.63, 3.8) is 0 Å². The summed E-state index contributed by atoms with van der Waals surface area (Å²) in [5.41, 5.74) is -0.204. The molecule has 1 aliphatic rings. The van der Waals surface area contributed by atoms with Gasteiger partial charge in [-0.1, -0.05) is 24.3 Å². The van der Waals surface area contributed by atoms with Gasteiger partial charge in [-0.25, -0.2) is 9.97 Å². The van der Waals surface area contributed by atoms with Crippen molar-refractivity contribution in [2.45, 2.75) is 24.7 Å². The van der Waals surface area contributed by atoms with Gasteiger partial charge in [0.05, 0.1) is 5.69 Å². The summed E-state index contributed by atoms with van der Waals surface area (Å²) in [6, 6.07) is 10.0. The van der Waals surface area contributed by atoms with Crippen LogP contribution in [0, 0.1) is 5.92 Å². The molecule has 0 saturated heterocycles. The molecule has 2 heterocycles. The van der Waals surface area contributed by atoms with E-state index < -0.39 is 11.4 Å². The van der Waals surface area contributed by atoms with Crippen LogP contribution < -0.4 is 5.32 Å². The molecule has 0 amide bonds. The first kappa shape index (κ1) is 16.7. The zero-order chi connectivity index (χ0) is 18.1. The van der Waals surface area contributed by atoms with Gasteiger partial charge in [0, 0.05) is 17.8 Å². The summed E-state index contributed by atoms with van der Waals surface area (Å²) in [7, 11) is 1.91. The van der Waals surface area contributed by atoms with Gasteiger partial charge < -0.3 is 10.4 Å². The lowest BCUT2D eigenvalue weighted by atomic mass is 9.98. The highest BCUT2D eigenvalue weighted by Gasteiger charge is 2.62. The van der Waals surface area contributed by atoms with E-state index in [9.17, 15) is 9.90 Å². The van der Waals surface area contributed by atoms with Crippen LogP contribution in [-0.4, -0.2) is 39.2 Å². The summed E-state index contributed by atoms with van der Waals surface area (Å²) in [6.45, 7) is 0.904. The van der Waals surface area contributed by atoms with Crippen LogP contribution in [0.25, 0.3) is 16.6 Å². The highest BCUT2D eigenvalue weighted by atomic mass is 16.4. The summed E-state index contributed by atoms with van der Waals surface area (Å²) >= 11 is 0. The fraction of sp³-hybridized carbons (Fsp3) is 0.350. The lowest BCUT2D eigenvalue weighted by Gasteiger charge is -2.09. The van der Waals surface area contributed by atoms with Crippen LogP contribution in [-0.2, 0) is 10.2 Å². The predicted molar refractivity (Wildman–Crippen MR) is 99.4 cm³/mol. The summed E-state index contributed by atoms with van der Waals surface area (Å²) in [6.07, 6.45) is 7.85. The number of imidazole rings is 1. The van der Waals surface area contributed by atoms with E-state index in [0.717, 1.165) is 36.0 Å². The zero-order valence-electron chi connectivity index (χ0n) is 14.7. The smallest absolute Gasteiger partial charge is 0.316 e. The Balaban J connectivity index is 1.61. The molecule has 134 valence electrons. The molecule has 0 bridgehead atoms. The molecule has 0 spiro atoms. The third kappa shape index (κ3) is 2.76. The van der Waals surface area contributed by atoms with E-state index in [2.05, 4.69) is 15.3 Å². The fourth-order valence-electron chi connectivity index (χ4n) is 3.78. The van der Waals surface area contributed by atoms with Crippen molar-refractivity contribution in [3.05, 3.63) is 54.7 Å². The van der Waals surface area contributed by atoms with Crippen LogP contribution in [0.15, 0.2) is 49.1 Å². The maximum absolute atomic E-state index is 12.0. The number of nitrogens with one attached hydrogen (secondary N) is 1. The van der Waals surface area contributed by atoms with Crippen molar-refractivity contribution in [2.75, 3.05) is 13.6 Å². The number of benzene rings is 1. The average molecular weight is 350 g/mol. The second-order valence-electron chi connectivity index (χ2n) is 6.98. The Hall–Kier alpha value is -2.73. The molecule has 2 atom stereocenters. The van der Waals surface area contributed by atoms with E-state index in [0.29, 0.717) is 12.1 Å². The molecule has 2 N–H and O–H groups in total. The first-order chi connectivity index (χ1) is 12.6. The van der Waals surface area contributed by atoms with E-state index >= 15 is 0 Å². The van der Waals surface area contributed by atoms with E-state index in [1.54, 1.807) is 6.33 Å². The first-order valence-electron chi connectivity index (χ1n) is 8.93. The van der Waals surface area contributed by atoms with Gasteiger partial charge in [-0.3, -0.25) is 9.36 Å². The van der Waals surface area contributed by atoms with Crippen molar-refractivity contribution in [2.24, 2.45) is 5.92 Å². The molecule has 3 aromatic rings. The third-order valence-electron chi connectivity index (χ3n) is 5.39. The van der Waals surface area contributed by atoms with Crippen LogP contribution in [0.3, 0.4) is 0 Å². The highest BCUT2D eigenvalue weighted by Crippen LogP contribution is 2.56. The molecule has 26 heavy (non-hydrogen) atoms. The maximum atomic E-state index is 12.0. The Kier molecular flexibility index (Phi) is 4.20. The molecule has 6 heteroatoms. The standard InChI is InChI=1S/C20H22N4O2/c1-21-8-4-7-16-10-20(16,19(25)26)17-12-24(13-23-17)18-9-14-5-2-3-6-15(14)11-22-18/h2-3,5-6,9,11-13,16,21H,4,7-8,10H2,1H3,(H,25,26). The van der Waals surface area contributed by atoms with Gasteiger partial charge in [0.25, 0.3) is 0 Å². The van der Waals surface area contributed by atoms with Gasteiger partial charge in [0.1, 0.15) is 17.6 Å². The number of carboxylic acid groups (broad SMARTS) is 1. The van der Waals surface area contributed by atoms with Crippen molar-refractivity contribution < 1.29 is 9.90 Å². The van der Waals surface area contributed by atoms with Gasteiger partial charge in [-0.2, -0.15) is 0 Å². The van der Waals surface area contributed by atoms with Crippen molar-refractivity contribution in [1.82, 2.24) is 19.9 Å². The topological polar surface area (TPSA) is 80.0 Å². The molecule has 2 unspecified atom stereocenters. The number of hydrogen-bond donors (Lipinski definition) is 2. The van der Waals surface area contributed by atoms with Gasteiger partial charge in [0.2, 0.25) is 0 Å². The average Bonchev–Trinajstić information content (AvgIpc) is 3.18. The number of aliphatic carboxylic acids is 1. The van der Waals surface area contributed by atoms with Crippen molar-refractivity contribution >= 4 is 16.7 Å². The Morgan fingerprint density at radius 1 is 1.35 bits per heavy atom. The number of nitrogens with zero attached hydrogens (tertiary/aromatic N) is 3. The minimum atomic E-state index is -0.837. The lowest BCUT2D eigenvalue weighted by Crippen LogP contribution is -2.23. The molecule has 4 rings (SSSR count). The van der Waals surface area contributed by atoms with Crippen LogP contribution in [0.1, 0.15) is 25.0 Å². The molecule has 0 aliphatic heterocycles. The lowest BCUT2D eigenvalue weighted by molar-refractivity contribution is -0.140. The SMILES string of the molecule is CNCCCC1CC1(C(=O)O)c1cn(-c2cc3ccccc3cn2)cn1. The Labute approximate surface area is 151 Å². The number of hydrogen-bond acceptors (Lipinski definition) is 4. The van der Waals surface area contributed by atoms with Gasteiger partial charge >= 0.3 is 5.97 Å². The summed E-state index contributed by atoms with van der Waals surface area (Å²) in [4.78, 5) is 20.9. The molecule has 6 nitrogen and oxygen atoms in total. The molecule has 1 aromatic carbocycles. The van der Waals surface area contributed by atoms with Crippen molar-refractivity contribution in [3.8, 4) is 5.82 Å². The molecule has 1 fully saturated rings. The van der Waals surface area contributed by atoms with Crippen LogP contribution >= 0.6 is 0 Å². The summed E-state index contributed by atoms with van der Waals surface area (Å²) in [5, 5.41) is 15.1. The van der Waals surface area contributed by atoms with E-state index in [1.165, 1.54) is 0 Å². The van der Waals surface area contributed by atoms with Gasteiger partial charge in [0.15, 0.2) is 0 Å². The number of rotatable bonds is 7. The fourth-order valence-corrected chi connectivity index (χ4v) is 3.78. The largest absolute Gasteiger partial charge is 0.481 e. The van der Waals surface area contributed by atoms with Crippen LogP contribution in [0.2, 0.25) is 0 Å². The minimum absolute atomic E-state index is 0.154. The number of carbonyl (C=O) groups is 1. The monoisotopic (exact) mass is 350 g/mol. The van der Waals surface area contributed by atoms with Gasteiger partial charge in [-0.05, 0) is 50.2 Å². The molecular formula is C20H22N4O2. The third-order valence-corrected chi connectivity index (χ3v) is 5.39. The Bertz CT molecular complexity index is 952. The van der Waals surface area contributed by atoms with E-state index in [-0.39, 0.29) is 5.92 Å². The molecule has 0 radical (unpaired) electrons. The molecule has 2 aromatic heterocycles. The van der Waals surface area contributed by atoms with Crippen molar-refractivity contribution in [1.29, 1.82) is 0 Å². The Morgan fingerprint density at radius 3 is 2.92 bits per heavy atom. The van der Waals surface area contributed by atoms with Crippen LogP contribution in [0.5, 0.6) is 0 Å². The number of fused-ring (bicyclic) bond motifs is 1. The minimum Gasteiger partial charge on any atom is -0.481 e. The molecule has 1 aliphatic carbocycles. The highest BCUT2D eigenvalue weighted by molar-refractivity contribution is 5.85. The second-order valence-corrected chi connectivity index (χ2v) is 6.98. The second kappa shape index (κ2) is 6.53. The van der Waals surface area contributed by atoms with E-state index in [1.807, 2.05) is 54.3 Å².